The van der Waals surface area contributed by atoms with E-state index in [-0.39, 0.29) is 10.6 Å². The first-order chi connectivity index (χ1) is 8.58. The maximum atomic E-state index is 10.8. The Kier molecular flexibility index (Phi) is 6.01. The standard InChI is InChI=1S/C13H17BrN2O2/c1-3-10(9-15-4-2)7-11-5-6-12(14)13(8-11)16(17)18/h5-8,15H,3-4,9H2,1-2H3. The molecule has 0 heterocycles. The van der Waals surface area contributed by atoms with Crippen LogP contribution in [0.3, 0.4) is 0 Å². The van der Waals surface area contributed by atoms with E-state index in [9.17, 15) is 10.1 Å². The molecule has 5 heteroatoms. The SMILES string of the molecule is CCNCC(=Cc1ccc(Br)c([N+](=O)[O-])c1)CC. The molecule has 0 aliphatic heterocycles. The van der Waals surface area contributed by atoms with Crippen LogP contribution in [0.25, 0.3) is 6.08 Å². The fourth-order valence-electron chi connectivity index (χ4n) is 1.56. The van der Waals surface area contributed by atoms with Crippen molar-refractivity contribution in [3.8, 4) is 0 Å². The van der Waals surface area contributed by atoms with Crippen molar-refractivity contribution < 1.29 is 4.92 Å². The van der Waals surface area contributed by atoms with Gasteiger partial charge in [-0.1, -0.05) is 31.6 Å². The van der Waals surface area contributed by atoms with Crippen molar-refractivity contribution in [3.05, 3.63) is 43.9 Å². The molecule has 0 atom stereocenters. The van der Waals surface area contributed by atoms with Gasteiger partial charge in [-0.3, -0.25) is 10.1 Å². The Morgan fingerprint density at radius 1 is 1.50 bits per heavy atom. The van der Waals surface area contributed by atoms with E-state index in [4.69, 9.17) is 0 Å². The van der Waals surface area contributed by atoms with E-state index in [1.165, 1.54) is 5.57 Å². The van der Waals surface area contributed by atoms with Gasteiger partial charge in [0.2, 0.25) is 0 Å². The Labute approximate surface area is 115 Å². The predicted molar refractivity (Wildman–Crippen MR) is 77.6 cm³/mol. The molecule has 0 aliphatic rings. The van der Waals surface area contributed by atoms with E-state index in [1.54, 1.807) is 12.1 Å². The molecule has 98 valence electrons. The van der Waals surface area contributed by atoms with Crippen LogP contribution >= 0.6 is 15.9 Å². The van der Waals surface area contributed by atoms with Crippen molar-refractivity contribution >= 4 is 27.7 Å². The molecule has 0 spiro atoms. The summed E-state index contributed by atoms with van der Waals surface area (Å²) in [6, 6.07) is 5.18. The van der Waals surface area contributed by atoms with Crippen LogP contribution < -0.4 is 5.32 Å². The van der Waals surface area contributed by atoms with Gasteiger partial charge in [-0.15, -0.1) is 0 Å². The van der Waals surface area contributed by atoms with E-state index < -0.39 is 0 Å². The van der Waals surface area contributed by atoms with Crippen molar-refractivity contribution in [2.75, 3.05) is 13.1 Å². The lowest BCUT2D eigenvalue weighted by Gasteiger charge is -2.05. The molecule has 0 aromatic heterocycles. The van der Waals surface area contributed by atoms with Gasteiger partial charge in [0.25, 0.3) is 5.69 Å². The summed E-state index contributed by atoms with van der Waals surface area (Å²) in [5.74, 6) is 0. The van der Waals surface area contributed by atoms with Gasteiger partial charge in [0.15, 0.2) is 0 Å². The number of nitrogens with one attached hydrogen (secondary N) is 1. The second kappa shape index (κ2) is 7.28. The van der Waals surface area contributed by atoms with Crippen molar-refractivity contribution in [3.63, 3.8) is 0 Å². The molecule has 1 aromatic carbocycles. The summed E-state index contributed by atoms with van der Waals surface area (Å²) in [5, 5.41) is 14.1. The summed E-state index contributed by atoms with van der Waals surface area (Å²) >= 11 is 3.18. The molecule has 0 radical (unpaired) electrons. The largest absolute Gasteiger partial charge is 0.313 e. The van der Waals surface area contributed by atoms with E-state index in [0.717, 1.165) is 25.1 Å². The molecule has 0 unspecified atom stereocenters. The van der Waals surface area contributed by atoms with Crippen LogP contribution in [0.1, 0.15) is 25.8 Å². The quantitative estimate of drug-likeness (QED) is 0.642. The first-order valence-corrected chi connectivity index (χ1v) is 6.71. The molecule has 0 fully saturated rings. The minimum atomic E-state index is -0.378. The van der Waals surface area contributed by atoms with Gasteiger partial charge < -0.3 is 5.32 Å². The fourth-order valence-corrected chi connectivity index (χ4v) is 1.95. The summed E-state index contributed by atoms with van der Waals surface area (Å²) in [4.78, 5) is 10.5. The first-order valence-electron chi connectivity index (χ1n) is 5.92. The summed E-state index contributed by atoms with van der Waals surface area (Å²) < 4.78 is 0.509. The Balaban J connectivity index is 2.98. The van der Waals surface area contributed by atoms with Gasteiger partial charge in [-0.2, -0.15) is 0 Å². The van der Waals surface area contributed by atoms with E-state index in [1.807, 2.05) is 12.1 Å². The van der Waals surface area contributed by atoms with Gasteiger partial charge >= 0.3 is 0 Å². The summed E-state index contributed by atoms with van der Waals surface area (Å²) in [6.07, 6.45) is 2.93. The summed E-state index contributed by atoms with van der Waals surface area (Å²) in [7, 11) is 0. The highest BCUT2D eigenvalue weighted by Gasteiger charge is 2.11. The fraction of sp³-hybridized carbons (Fsp3) is 0.385. The molecule has 1 rings (SSSR count). The van der Waals surface area contributed by atoms with Gasteiger partial charge in [0, 0.05) is 12.6 Å². The Hall–Kier alpha value is -1.20. The van der Waals surface area contributed by atoms with Gasteiger partial charge in [-0.25, -0.2) is 0 Å². The van der Waals surface area contributed by atoms with Crippen LogP contribution in [-0.2, 0) is 0 Å². The maximum Gasteiger partial charge on any atom is 0.284 e. The number of hydrogen-bond donors (Lipinski definition) is 1. The molecule has 0 saturated carbocycles. The third-order valence-corrected chi connectivity index (χ3v) is 3.26. The third-order valence-electron chi connectivity index (χ3n) is 2.59. The Bertz CT molecular complexity index is 458. The zero-order chi connectivity index (χ0) is 13.5. The highest BCUT2D eigenvalue weighted by molar-refractivity contribution is 9.10. The third kappa shape index (κ3) is 4.23. The lowest BCUT2D eigenvalue weighted by Crippen LogP contribution is -2.15. The number of nitro groups is 1. The molecule has 18 heavy (non-hydrogen) atoms. The Morgan fingerprint density at radius 2 is 2.22 bits per heavy atom. The molecular formula is C13H17BrN2O2. The van der Waals surface area contributed by atoms with Crippen LogP contribution in [-0.4, -0.2) is 18.0 Å². The van der Waals surface area contributed by atoms with Crippen LogP contribution in [0.15, 0.2) is 28.2 Å². The summed E-state index contributed by atoms with van der Waals surface area (Å²) in [5.41, 5.74) is 2.19. The van der Waals surface area contributed by atoms with Crippen LogP contribution in [0, 0.1) is 10.1 Å². The predicted octanol–water partition coefficient (Wildman–Crippen LogP) is 3.76. The number of benzene rings is 1. The highest BCUT2D eigenvalue weighted by Crippen LogP contribution is 2.26. The van der Waals surface area contributed by atoms with E-state index in [2.05, 4.69) is 35.1 Å². The van der Waals surface area contributed by atoms with Crippen LogP contribution in [0.5, 0.6) is 0 Å². The topological polar surface area (TPSA) is 55.2 Å². The first kappa shape index (κ1) is 14.9. The Morgan fingerprint density at radius 3 is 2.78 bits per heavy atom. The van der Waals surface area contributed by atoms with Crippen LogP contribution in [0.4, 0.5) is 5.69 Å². The normalized spacial score (nSPS) is 11.6. The molecular weight excluding hydrogens is 296 g/mol. The zero-order valence-electron chi connectivity index (χ0n) is 10.6. The number of likely N-dealkylation sites (N-methyl/N-ethyl adjacent to an activating group) is 1. The van der Waals surface area contributed by atoms with Gasteiger partial charge in [0.05, 0.1) is 9.40 Å². The molecule has 1 N–H and O–H groups in total. The lowest BCUT2D eigenvalue weighted by molar-refractivity contribution is -0.385. The maximum absolute atomic E-state index is 10.8. The zero-order valence-corrected chi connectivity index (χ0v) is 12.2. The van der Waals surface area contributed by atoms with Crippen LogP contribution in [0.2, 0.25) is 0 Å². The molecule has 0 amide bonds. The average molecular weight is 313 g/mol. The molecule has 0 aliphatic carbocycles. The van der Waals surface area contributed by atoms with Crippen molar-refractivity contribution in [2.24, 2.45) is 0 Å². The highest BCUT2D eigenvalue weighted by atomic mass is 79.9. The number of hydrogen-bond acceptors (Lipinski definition) is 3. The lowest BCUT2D eigenvalue weighted by atomic mass is 10.1. The molecule has 1 aromatic rings. The van der Waals surface area contributed by atoms with Gasteiger partial charge in [-0.05, 0) is 40.5 Å². The van der Waals surface area contributed by atoms with Crippen molar-refractivity contribution in [2.45, 2.75) is 20.3 Å². The second-order valence-electron chi connectivity index (χ2n) is 3.90. The smallest absolute Gasteiger partial charge is 0.284 e. The molecule has 4 nitrogen and oxygen atoms in total. The number of halogens is 1. The van der Waals surface area contributed by atoms with Gasteiger partial charge in [0.1, 0.15) is 0 Å². The molecule has 0 saturated heterocycles. The number of nitro benzene ring substituents is 1. The van der Waals surface area contributed by atoms with Crippen molar-refractivity contribution in [1.29, 1.82) is 0 Å². The summed E-state index contributed by atoms with van der Waals surface area (Å²) in [6.45, 7) is 5.86. The van der Waals surface area contributed by atoms with E-state index >= 15 is 0 Å². The number of rotatable bonds is 6. The minimum Gasteiger partial charge on any atom is -0.313 e. The average Bonchev–Trinajstić information content (AvgIpc) is 2.36. The number of nitrogens with zero attached hydrogens (tertiary/aromatic N) is 1. The minimum absolute atomic E-state index is 0.0997. The van der Waals surface area contributed by atoms with Crippen molar-refractivity contribution in [1.82, 2.24) is 5.32 Å². The van der Waals surface area contributed by atoms with E-state index in [0.29, 0.717) is 4.47 Å². The monoisotopic (exact) mass is 312 g/mol. The second-order valence-corrected chi connectivity index (χ2v) is 4.76. The molecule has 0 bridgehead atoms.